The van der Waals surface area contributed by atoms with Crippen LogP contribution in [-0.2, 0) is 78.3 Å². The number of amides is 13. The Morgan fingerprint density at radius 1 is 0.631 bits per heavy atom. The molecule has 13 amide bonds. The summed E-state index contributed by atoms with van der Waals surface area (Å²) >= 11 is 0. The number of carbonyl (C=O) groups excluding carboxylic acids is 14. The van der Waals surface area contributed by atoms with Crippen LogP contribution in [0.15, 0.2) is 42.1 Å². The Labute approximate surface area is 607 Å². The largest absolute Gasteiger partial charge is 0.458 e. The lowest BCUT2D eigenvalue weighted by molar-refractivity contribution is -0.157. The standard InChI is InChI=1S/C73H120N14O16/c1-19-42(14)57(69(98)86-60-46(18)103-73(102)56(41(12)13)82-62(91)48(21-3)76-64(93)50(36-47-29-23-22-24-30-47)78-66(95)54(39(8)9)80-68(97)58(43(15)20-2)84-71(60)100)83-63(92)49(31-26-34-74)77-65(94)51-32-27-35-87(51)72(101)55(40(10)11)81-61(90)44(16)75-70(99)59(45(17)88)85-67(96)53(38(6)7)79-52(89)33-25-28-37(4)5/h21-24,29-30,37-46,49-51,53-60,88H,19-20,25-28,31-36,74H2,1-18H3,(H,75,99)(H,76,93)(H,77,94)(H,78,95)(H,79,89)(H,80,97)(H,81,90)(H,82,91)(H,83,92)(H,84,100)(H,85,96)(H,86,98)/b48-21-/t42-,43-,44-,45+,46+,49-,50-,51+,53+,54+,55+,56-,57+,58+,59-,60+/m0/s1. The van der Waals surface area contributed by atoms with Gasteiger partial charge >= 0.3 is 5.97 Å². The van der Waals surface area contributed by atoms with Gasteiger partial charge in [-0.2, -0.15) is 0 Å². The molecule has 2 aliphatic heterocycles. The lowest BCUT2D eigenvalue weighted by atomic mass is 9.95. The summed E-state index contributed by atoms with van der Waals surface area (Å²) < 4.78 is 5.95. The normalized spacial score (nSPS) is 22.7. The summed E-state index contributed by atoms with van der Waals surface area (Å²) in [7, 11) is 0. The second-order valence-electron chi connectivity index (χ2n) is 29.2. The predicted molar refractivity (Wildman–Crippen MR) is 386 cm³/mol. The van der Waals surface area contributed by atoms with E-state index in [1.165, 1.54) is 38.7 Å². The fourth-order valence-corrected chi connectivity index (χ4v) is 11.8. The van der Waals surface area contributed by atoms with Crippen LogP contribution in [0.2, 0.25) is 0 Å². The third-order valence-corrected chi connectivity index (χ3v) is 18.8. The molecule has 16 atom stereocenters. The molecule has 1 aromatic rings. The van der Waals surface area contributed by atoms with E-state index < -0.39 is 197 Å². The number of aliphatic hydroxyl groups excluding tert-OH is 1. The molecule has 0 aromatic heterocycles. The van der Waals surface area contributed by atoms with Crippen molar-refractivity contribution in [2.24, 2.45) is 47.2 Å². The molecule has 30 nitrogen and oxygen atoms in total. The molecule has 0 spiro atoms. The maximum absolute atomic E-state index is 15.0. The predicted octanol–water partition coefficient (Wildman–Crippen LogP) is 1.20. The van der Waals surface area contributed by atoms with Gasteiger partial charge in [0, 0.05) is 19.4 Å². The fourth-order valence-electron chi connectivity index (χ4n) is 11.8. The Morgan fingerprint density at radius 3 is 1.77 bits per heavy atom. The third kappa shape index (κ3) is 27.2. The molecule has 3 rings (SSSR count). The highest BCUT2D eigenvalue weighted by Gasteiger charge is 2.44. The number of nitrogens with two attached hydrogens (primary N) is 1. The average molecular weight is 1450 g/mol. The summed E-state index contributed by atoms with van der Waals surface area (Å²) in [4.78, 5) is 201. The van der Waals surface area contributed by atoms with Gasteiger partial charge in [0.25, 0.3) is 5.91 Å². The quantitative estimate of drug-likeness (QED) is 0.0356. The number of carbonyl (C=O) groups is 14. The molecule has 0 radical (unpaired) electrons. The summed E-state index contributed by atoms with van der Waals surface area (Å²) in [6.07, 6.45) is 1.04. The van der Waals surface area contributed by atoms with E-state index in [1.807, 2.05) is 13.8 Å². The zero-order valence-corrected chi connectivity index (χ0v) is 63.7. The molecule has 0 saturated carbocycles. The van der Waals surface area contributed by atoms with Crippen LogP contribution < -0.4 is 69.5 Å². The van der Waals surface area contributed by atoms with Crippen LogP contribution in [0, 0.1) is 41.4 Å². The number of benzene rings is 1. The molecule has 578 valence electrons. The van der Waals surface area contributed by atoms with Crippen molar-refractivity contribution in [1.82, 2.24) is 68.7 Å². The first-order chi connectivity index (χ1) is 48.3. The minimum Gasteiger partial charge on any atom is -0.458 e. The molecular weight excluding hydrogens is 1330 g/mol. The van der Waals surface area contributed by atoms with Gasteiger partial charge in [0.1, 0.15) is 84.3 Å². The number of esters is 1. The zero-order valence-electron chi connectivity index (χ0n) is 63.7. The van der Waals surface area contributed by atoms with E-state index in [9.17, 15) is 67.4 Å². The van der Waals surface area contributed by atoms with E-state index in [0.717, 1.165) is 6.42 Å². The van der Waals surface area contributed by atoms with Crippen molar-refractivity contribution < 1.29 is 77.0 Å². The number of hydrogen-bond acceptors (Lipinski definition) is 17. The number of likely N-dealkylation sites (tertiary alicyclic amines) is 1. The second-order valence-corrected chi connectivity index (χ2v) is 29.2. The summed E-state index contributed by atoms with van der Waals surface area (Å²) in [5.41, 5.74) is 6.32. The third-order valence-electron chi connectivity index (χ3n) is 18.8. The van der Waals surface area contributed by atoms with Gasteiger partial charge < -0.3 is 84.3 Å². The van der Waals surface area contributed by atoms with Gasteiger partial charge in [-0.3, -0.25) is 62.3 Å². The van der Waals surface area contributed by atoms with Crippen molar-refractivity contribution in [2.45, 2.75) is 274 Å². The molecule has 0 bridgehead atoms. The number of aliphatic hydroxyl groups is 1. The maximum Gasteiger partial charge on any atom is 0.329 e. The zero-order chi connectivity index (χ0) is 77.9. The van der Waals surface area contributed by atoms with Crippen LogP contribution in [0.1, 0.15) is 188 Å². The highest BCUT2D eigenvalue weighted by atomic mass is 16.5. The number of nitrogens with zero attached hydrogens (tertiary/aromatic N) is 1. The first-order valence-corrected chi connectivity index (χ1v) is 36.6. The SMILES string of the molecule is C/C=C1\NC(=O)[C@H](Cc2ccccc2)NC(=O)[C@@H](C(C)C)NC(=O)[C@@H]([C@@H](C)CC)NC(=O)[C@H](NC(=O)[C@H](NC(=O)[C@H](CCCN)NC(=O)[C@H]2CCCN2C(=O)[C@H](NC(=O)[C@H](C)NC(=O)[C@@H](NC(=O)[C@H](NC(=O)CCCC(C)C)C(C)C)[C@@H](C)O)C(C)C)[C@@H](C)CC)[C@@H](C)OC(=O)[C@H](C(C)C)NC1=O. The van der Waals surface area contributed by atoms with Crippen molar-refractivity contribution in [2.75, 3.05) is 13.1 Å². The van der Waals surface area contributed by atoms with E-state index in [0.29, 0.717) is 30.7 Å². The summed E-state index contributed by atoms with van der Waals surface area (Å²) in [6.45, 7) is 29.7. The van der Waals surface area contributed by atoms with Gasteiger partial charge in [-0.15, -0.1) is 0 Å². The second kappa shape index (κ2) is 42.9. The number of allylic oxidation sites excluding steroid dienone is 1. The first kappa shape index (κ1) is 88.7. The van der Waals surface area contributed by atoms with E-state index in [4.69, 9.17) is 10.5 Å². The molecule has 2 saturated heterocycles. The van der Waals surface area contributed by atoms with Gasteiger partial charge in [-0.1, -0.05) is 153 Å². The van der Waals surface area contributed by atoms with E-state index in [2.05, 4.69) is 63.8 Å². The molecule has 2 fully saturated rings. The summed E-state index contributed by atoms with van der Waals surface area (Å²) in [5, 5.41) is 42.7. The van der Waals surface area contributed by atoms with Crippen molar-refractivity contribution in [3.63, 3.8) is 0 Å². The molecule has 2 heterocycles. The van der Waals surface area contributed by atoms with Gasteiger partial charge in [0.15, 0.2) is 0 Å². The Kier molecular flexibility index (Phi) is 36.9. The molecule has 0 aliphatic carbocycles. The van der Waals surface area contributed by atoms with E-state index in [1.54, 1.807) is 113 Å². The lowest BCUT2D eigenvalue weighted by Crippen LogP contribution is -2.64. The highest BCUT2D eigenvalue weighted by molar-refractivity contribution is 6.03. The Bertz CT molecular complexity index is 3110. The number of cyclic esters (lactones) is 1. The van der Waals surface area contributed by atoms with Gasteiger partial charge in [-0.25, -0.2) is 4.79 Å². The smallest absolute Gasteiger partial charge is 0.329 e. The molecule has 0 unspecified atom stereocenters. The fraction of sp³-hybridized carbons (Fsp3) is 0.699. The van der Waals surface area contributed by atoms with Crippen molar-refractivity contribution in [1.29, 1.82) is 0 Å². The van der Waals surface area contributed by atoms with Crippen molar-refractivity contribution >= 4 is 82.8 Å². The molecule has 2 aliphatic rings. The molecular formula is C73H120N14O16. The maximum atomic E-state index is 15.0. The van der Waals surface area contributed by atoms with Crippen LogP contribution in [0.5, 0.6) is 0 Å². The number of ether oxygens (including phenoxy) is 1. The van der Waals surface area contributed by atoms with Crippen molar-refractivity contribution in [3.8, 4) is 0 Å². The minimum absolute atomic E-state index is 0.0351. The van der Waals surface area contributed by atoms with E-state index in [-0.39, 0.29) is 63.2 Å². The van der Waals surface area contributed by atoms with Crippen molar-refractivity contribution in [3.05, 3.63) is 47.7 Å². The Morgan fingerprint density at radius 2 is 1.21 bits per heavy atom. The van der Waals surface area contributed by atoms with E-state index >= 15 is 4.79 Å². The lowest BCUT2D eigenvalue weighted by Gasteiger charge is -2.33. The highest BCUT2D eigenvalue weighted by Crippen LogP contribution is 2.23. The molecule has 103 heavy (non-hydrogen) atoms. The Hall–Kier alpha value is -8.54. The molecule has 30 heteroatoms. The number of hydrogen-bond donors (Lipinski definition) is 14. The van der Waals surface area contributed by atoms with Crippen LogP contribution in [-0.4, -0.2) is 191 Å². The van der Waals surface area contributed by atoms with Gasteiger partial charge in [0.2, 0.25) is 70.9 Å². The first-order valence-electron chi connectivity index (χ1n) is 36.6. The average Bonchev–Trinajstić information content (AvgIpc) is 1.76. The van der Waals surface area contributed by atoms with Gasteiger partial charge in [0.05, 0.1) is 6.10 Å². The summed E-state index contributed by atoms with van der Waals surface area (Å²) in [6, 6.07) is -7.64. The topological polar surface area (TPSA) is 442 Å². The number of rotatable bonds is 32. The number of nitrogens with one attached hydrogen (secondary N) is 12. The monoisotopic (exact) mass is 1450 g/mol. The van der Waals surface area contributed by atoms with Crippen LogP contribution in [0.25, 0.3) is 0 Å². The van der Waals surface area contributed by atoms with Crippen LogP contribution in [0.4, 0.5) is 0 Å². The van der Waals surface area contributed by atoms with Crippen LogP contribution in [0.3, 0.4) is 0 Å². The minimum atomic E-state index is -1.82. The van der Waals surface area contributed by atoms with Gasteiger partial charge in [-0.05, 0) is 113 Å². The Balaban J connectivity index is 1.97. The molecule has 1 aromatic carbocycles. The summed E-state index contributed by atoms with van der Waals surface area (Å²) in [5.74, 6) is -14.5. The van der Waals surface area contributed by atoms with Crippen LogP contribution >= 0.6 is 0 Å². The molecule has 15 N–H and O–H groups in total.